The minimum absolute atomic E-state index is 0. The lowest BCUT2D eigenvalue weighted by Crippen LogP contribution is -2.60. The van der Waals surface area contributed by atoms with E-state index >= 15 is 0 Å². The summed E-state index contributed by atoms with van der Waals surface area (Å²) in [4.78, 5) is 36.6. The van der Waals surface area contributed by atoms with E-state index in [9.17, 15) is 19.6 Å². The van der Waals surface area contributed by atoms with Crippen molar-refractivity contribution in [1.82, 2.24) is 10.6 Å². The van der Waals surface area contributed by atoms with Crippen LogP contribution in [-0.4, -0.2) is 92.1 Å². The lowest BCUT2D eigenvalue weighted by atomic mass is 9.81. The molecule has 2 aliphatic heterocycles. The predicted octanol–water partition coefficient (Wildman–Crippen LogP) is 14.6. The van der Waals surface area contributed by atoms with Crippen LogP contribution >= 0.6 is 0 Å². The fourth-order valence-electron chi connectivity index (χ4n) is 10.2. The number of nitriles is 1. The second-order valence-electron chi connectivity index (χ2n) is 24.8. The summed E-state index contributed by atoms with van der Waals surface area (Å²) in [6, 6.07) is 24.6. The Balaban J connectivity index is 0.000000995. The molecule has 0 amide bonds. The van der Waals surface area contributed by atoms with Crippen LogP contribution in [0.15, 0.2) is 66.2 Å². The number of benzene rings is 2. The molecule has 2 aliphatic rings. The highest BCUT2D eigenvalue weighted by Gasteiger charge is 2.41. The van der Waals surface area contributed by atoms with Crippen molar-refractivity contribution >= 4 is 56.8 Å². The van der Waals surface area contributed by atoms with E-state index in [1.54, 1.807) is 6.92 Å². The molecule has 0 saturated carbocycles. The van der Waals surface area contributed by atoms with E-state index in [1.807, 2.05) is 66.7 Å². The van der Waals surface area contributed by atoms with Crippen molar-refractivity contribution in [3.05, 3.63) is 77.4 Å². The number of piperidine rings is 2. The Labute approximate surface area is 444 Å². The van der Waals surface area contributed by atoms with E-state index in [0.717, 1.165) is 36.8 Å². The molecule has 0 aromatic heterocycles. The molecule has 2 saturated heterocycles. The van der Waals surface area contributed by atoms with Gasteiger partial charge < -0.3 is 33.1 Å². The Morgan fingerprint density at radius 3 is 1.22 bits per heavy atom. The number of nitrogens with one attached hydrogen (secondary N) is 2. The number of carbonyl (C=O) groups excluding carboxylic acids is 3. The van der Waals surface area contributed by atoms with Crippen LogP contribution in [0.2, 0.25) is 77.1 Å². The van der Waals surface area contributed by atoms with Crippen molar-refractivity contribution in [3.63, 3.8) is 0 Å². The molecular weight excluding hydrogens is 967 g/mol. The number of nitrogens with zero attached hydrogens (tertiary/aromatic N) is 1. The molecule has 11 nitrogen and oxygen atoms in total. The normalized spacial score (nSPS) is 17.2. The molecule has 2 fully saturated rings. The summed E-state index contributed by atoms with van der Waals surface area (Å²) in [6.45, 7) is 46.3. The molecule has 410 valence electrons. The van der Waals surface area contributed by atoms with E-state index < -0.39 is 51.2 Å². The number of esters is 3. The largest absolute Gasteiger partial charge is 0.462 e. The second-order valence-corrected chi connectivity index (χ2v) is 42.9. The molecule has 2 aromatic rings. The third-order valence-electron chi connectivity index (χ3n) is 11.8. The zero-order valence-electron chi connectivity index (χ0n) is 48.4. The lowest BCUT2D eigenvalue weighted by Gasteiger charge is -2.46. The standard InChI is InChI=1S/C21H38N2O4.C18H15NO2.C9H24OSi2.C8H22OSi2.CH4/c1-18(2)10-14(11-19(3,4)22-18)26-16(24)9-17(25)27-15-12-20(5,6)23-21(7,8)13-15;1-2-21-18(20)16(13-19)17(14-9-5-3-6-10-14)15-11-7-4-8-12-15;1-7-9-12(5,6)10-11(3,4)8-2;1-7-8-11(5,6)9-10(2,3)4;/h14-15,22-23H,9-13H2,1-8H3;3-12H,2H2,1H3;7-9H2,1-6H3;7-8H2,1-6H3;1H4. The van der Waals surface area contributed by atoms with Gasteiger partial charge in [-0.1, -0.05) is 102 Å². The Kier molecular flexibility index (Phi) is 28.4. The van der Waals surface area contributed by atoms with Gasteiger partial charge in [-0.15, -0.1) is 0 Å². The van der Waals surface area contributed by atoms with Crippen molar-refractivity contribution in [2.75, 3.05) is 6.61 Å². The first-order valence-electron chi connectivity index (χ1n) is 26.2. The predicted molar refractivity (Wildman–Crippen MR) is 312 cm³/mol. The summed E-state index contributed by atoms with van der Waals surface area (Å²) in [5.74, 6) is -1.58. The maximum atomic E-state index is 12.3. The fourth-order valence-corrected chi connectivity index (χ4v) is 26.6. The van der Waals surface area contributed by atoms with Crippen LogP contribution in [0.5, 0.6) is 0 Å². The number of rotatable bonds is 17. The van der Waals surface area contributed by atoms with E-state index in [1.165, 1.54) is 31.0 Å². The van der Waals surface area contributed by atoms with Gasteiger partial charge in [0.25, 0.3) is 0 Å². The summed E-state index contributed by atoms with van der Waals surface area (Å²) in [6.07, 6.45) is 4.76. The van der Waals surface area contributed by atoms with Crippen LogP contribution in [0.4, 0.5) is 0 Å². The van der Waals surface area contributed by atoms with Gasteiger partial charge in [-0.25, -0.2) is 4.79 Å². The van der Waals surface area contributed by atoms with Gasteiger partial charge in [-0.05, 0) is 150 Å². The van der Waals surface area contributed by atoms with Crippen LogP contribution in [-0.2, 0) is 36.8 Å². The molecule has 0 bridgehead atoms. The Morgan fingerprint density at radius 1 is 0.583 bits per heavy atom. The number of ether oxygens (including phenoxy) is 3. The van der Waals surface area contributed by atoms with Crippen molar-refractivity contribution < 1.29 is 36.8 Å². The van der Waals surface area contributed by atoms with Gasteiger partial charge in [-0.2, -0.15) is 5.26 Å². The SMILES string of the molecule is C.CC1(C)CC(OC(=O)CC(=O)OC2CC(C)(C)NC(C)(C)C2)CC(C)(C)N1.CCC[Si](C)(C)O[Si](C)(C)C.CCC[Si](C)(C)O[Si](C)(C)CC.CCOC(=O)C(C#N)=C(c1ccccc1)c1ccccc1. The van der Waals surface area contributed by atoms with Gasteiger partial charge in [0.2, 0.25) is 0 Å². The summed E-state index contributed by atoms with van der Waals surface area (Å²) in [7, 11) is -5.13. The quantitative estimate of drug-likeness (QED) is 0.0390. The van der Waals surface area contributed by atoms with E-state index in [-0.39, 0.29) is 60.4 Å². The van der Waals surface area contributed by atoms with E-state index in [4.69, 9.17) is 22.4 Å². The van der Waals surface area contributed by atoms with Gasteiger partial charge in [0.05, 0.1) is 6.61 Å². The van der Waals surface area contributed by atoms with Crippen LogP contribution in [0, 0.1) is 11.3 Å². The van der Waals surface area contributed by atoms with Crippen LogP contribution in [0.3, 0.4) is 0 Å². The third-order valence-corrected chi connectivity index (χ3v) is 26.0. The number of carbonyl (C=O) groups is 3. The highest BCUT2D eigenvalue weighted by molar-refractivity contribution is 6.85. The van der Waals surface area contributed by atoms with Gasteiger partial charge in [0.1, 0.15) is 30.3 Å². The first kappa shape index (κ1) is 68.8. The van der Waals surface area contributed by atoms with Crippen LogP contribution in [0.1, 0.15) is 147 Å². The molecule has 0 aliphatic carbocycles. The number of hydrogen-bond acceptors (Lipinski definition) is 11. The lowest BCUT2D eigenvalue weighted by molar-refractivity contribution is -0.164. The third kappa shape index (κ3) is 28.5. The summed E-state index contributed by atoms with van der Waals surface area (Å²) in [5.41, 5.74) is 1.80. The highest BCUT2D eigenvalue weighted by atomic mass is 28.4. The minimum atomic E-state index is -1.30. The molecule has 2 N–H and O–H groups in total. The van der Waals surface area contributed by atoms with Gasteiger partial charge in [0.15, 0.2) is 33.3 Å². The minimum Gasteiger partial charge on any atom is -0.462 e. The maximum absolute atomic E-state index is 12.3. The molecule has 0 atom stereocenters. The fraction of sp³-hybridized carbons (Fsp3) is 0.684. The van der Waals surface area contributed by atoms with Gasteiger partial charge in [-0.3, -0.25) is 9.59 Å². The second kappa shape index (κ2) is 29.8. The van der Waals surface area contributed by atoms with E-state index in [0.29, 0.717) is 5.57 Å². The molecule has 72 heavy (non-hydrogen) atoms. The molecule has 4 rings (SSSR count). The topological polar surface area (TPSA) is 145 Å². The van der Waals surface area contributed by atoms with Gasteiger partial charge in [0, 0.05) is 53.4 Å². The molecule has 2 heterocycles. The number of hydrogen-bond donors (Lipinski definition) is 2. The first-order chi connectivity index (χ1) is 32.4. The average Bonchev–Trinajstić information content (AvgIpc) is 3.17. The average molecular weight is 1070 g/mol. The molecule has 0 spiro atoms. The molecular formula is C57H103N3O8Si4. The Hall–Kier alpha value is -3.21. The molecule has 0 unspecified atom stereocenters. The zero-order valence-corrected chi connectivity index (χ0v) is 52.4. The van der Waals surface area contributed by atoms with Crippen LogP contribution < -0.4 is 10.6 Å². The van der Waals surface area contributed by atoms with E-state index in [2.05, 4.69) is 146 Å². The Morgan fingerprint density at radius 2 is 0.931 bits per heavy atom. The summed E-state index contributed by atoms with van der Waals surface area (Å²) in [5, 5.41) is 16.5. The maximum Gasteiger partial charge on any atom is 0.349 e. The summed E-state index contributed by atoms with van der Waals surface area (Å²) < 4.78 is 28.7. The zero-order chi connectivity index (χ0) is 54.7. The van der Waals surface area contributed by atoms with Gasteiger partial charge >= 0.3 is 17.9 Å². The smallest absolute Gasteiger partial charge is 0.349 e. The van der Waals surface area contributed by atoms with Crippen molar-refractivity contribution in [2.24, 2.45) is 0 Å². The Bertz CT molecular complexity index is 1900. The van der Waals surface area contributed by atoms with Crippen molar-refractivity contribution in [3.8, 4) is 6.07 Å². The molecule has 0 radical (unpaired) electrons. The first-order valence-corrected chi connectivity index (χ1v) is 39.0. The highest BCUT2D eigenvalue weighted by Crippen LogP contribution is 2.33. The van der Waals surface area contributed by atoms with Crippen LogP contribution in [0.25, 0.3) is 5.57 Å². The van der Waals surface area contributed by atoms with Crippen molar-refractivity contribution in [1.29, 1.82) is 5.26 Å². The molecule has 15 heteroatoms. The molecule has 2 aromatic carbocycles. The monoisotopic (exact) mass is 1070 g/mol. The summed E-state index contributed by atoms with van der Waals surface area (Å²) >= 11 is 0. The van der Waals surface area contributed by atoms with Crippen molar-refractivity contribution in [2.45, 2.75) is 247 Å².